The SMILES string of the molecule is FC(F)(F)/C(Cl)=C\c1ccccc1Br. The summed E-state index contributed by atoms with van der Waals surface area (Å²) in [6.07, 6.45) is -3.61. The van der Waals surface area contributed by atoms with E-state index < -0.39 is 11.2 Å². The fourth-order valence-electron chi connectivity index (χ4n) is 0.811. The molecule has 0 aliphatic heterocycles. The number of alkyl halides is 3. The Labute approximate surface area is 92.5 Å². The summed E-state index contributed by atoms with van der Waals surface area (Å²) >= 11 is 8.20. The zero-order valence-electron chi connectivity index (χ0n) is 6.78. The molecule has 0 spiro atoms. The maximum absolute atomic E-state index is 12.1. The molecule has 0 aliphatic carbocycles. The van der Waals surface area contributed by atoms with Gasteiger partial charge in [0.1, 0.15) is 5.03 Å². The van der Waals surface area contributed by atoms with Crippen LogP contribution in [0.25, 0.3) is 6.08 Å². The van der Waals surface area contributed by atoms with Gasteiger partial charge in [0, 0.05) is 4.47 Å². The van der Waals surface area contributed by atoms with Crippen LogP contribution in [0.4, 0.5) is 13.2 Å². The maximum Gasteiger partial charge on any atom is 0.426 e. The Morgan fingerprint density at radius 1 is 1.29 bits per heavy atom. The summed E-state index contributed by atoms with van der Waals surface area (Å²) in [5.41, 5.74) is 0.398. The van der Waals surface area contributed by atoms with E-state index in [-0.39, 0.29) is 0 Å². The van der Waals surface area contributed by atoms with Crippen molar-refractivity contribution in [1.29, 1.82) is 0 Å². The lowest BCUT2D eigenvalue weighted by atomic mass is 10.2. The lowest BCUT2D eigenvalue weighted by Crippen LogP contribution is -2.06. The van der Waals surface area contributed by atoms with E-state index in [0.29, 0.717) is 10.0 Å². The molecule has 0 N–H and O–H groups in total. The van der Waals surface area contributed by atoms with Gasteiger partial charge in [-0.1, -0.05) is 45.7 Å². The third-order valence-electron chi connectivity index (χ3n) is 1.46. The van der Waals surface area contributed by atoms with Gasteiger partial charge in [-0.3, -0.25) is 0 Å². The lowest BCUT2D eigenvalue weighted by molar-refractivity contribution is -0.0836. The molecule has 0 fully saturated rings. The molecule has 14 heavy (non-hydrogen) atoms. The van der Waals surface area contributed by atoms with Crippen molar-refractivity contribution in [3.05, 3.63) is 39.3 Å². The van der Waals surface area contributed by atoms with Crippen LogP contribution < -0.4 is 0 Å². The first-order valence-corrected chi connectivity index (χ1v) is 4.77. The quantitative estimate of drug-likeness (QED) is 0.708. The molecule has 0 amide bonds. The van der Waals surface area contributed by atoms with E-state index in [1.54, 1.807) is 18.2 Å². The molecule has 0 atom stereocenters. The van der Waals surface area contributed by atoms with Crippen molar-refractivity contribution >= 4 is 33.6 Å². The van der Waals surface area contributed by atoms with Crippen molar-refractivity contribution in [2.75, 3.05) is 0 Å². The molecular formula is C9H5BrClF3. The summed E-state index contributed by atoms with van der Waals surface area (Å²) in [6, 6.07) is 6.53. The first-order chi connectivity index (χ1) is 6.41. The van der Waals surface area contributed by atoms with Crippen molar-refractivity contribution in [3.8, 4) is 0 Å². The first-order valence-electron chi connectivity index (χ1n) is 3.60. The Balaban J connectivity index is 3.04. The smallest absolute Gasteiger partial charge is 0.165 e. The van der Waals surface area contributed by atoms with E-state index in [1.807, 2.05) is 0 Å². The van der Waals surface area contributed by atoms with Crippen LogP contribution in [0, 0.1) is 0 Å². The van der Waals surface area contributed by atoms with Gasteiger partial charge >= 0.3 is 6.18 Å². The Hall–Kier alpha value is -0.480. The van der Waals surface area contributed by atoms with Crippen LogP contribution in [0.15, 0.2) is 33.8 Å². The van der Waals surface area contributed by atoms with Crippen LogP contribution in [-0.4, -0.2) is 6.18 Å². The van der Waals surface area contributed by atoms with Crippen LogP contribution in [0.2, 0.25) is 0 Å². The van der Waals surface area contributed by atoms with Crippen LogP contribution in [0.1, 0.15) is 5.56 Å². The van der Waals surface area contributed by atoms with Crippen molar-refractivity contribution in [1.82, 2.24) is 0 Å². The van der Waals surface area contributed by atoms with Gasteiger partial charge in [-0.25, -0.2) is 0 Å². The summed E-state index contributed by atoms with van der Waals surface area (Å²) in [4.78, 5) is 0. The Bertz CT molecular complexity index is 357. The van der Waals surface area contributed by atoms with Gasteiger partial charge in [-0.2, -0.15) is 13.2 Å². The van der Waals surface area contributed by atoms with Gasteiger partial charge in [0.05, 0.1) is 0 Å². The molecule has 76 valence electrons. The van der Waals surface area contributed by atoms with E-state index in [9.17, 15) is 13.2 Å². The van der Waals surface area contributed by atoms with Gasteiger partial charge in [0.2, 0.25) is 0 Å². The molecule has 0 unspecified atom stereocenters. The fraction of sp³-hybridized carbons (Fsp3) is 0.111. The Morgan fingerprint density at radius 2 is 1.86 bits per heavy atom. The van der Waals surface area contributed by atoms with Gasteiger partial charge in [0.15, 0.2) is 0 Å². The summed E-state index contributed by atoms with van der Waals surface area (Å²) < 4.78 is 36.7. The molecule has 1 rings (SSSR count). The molecule has 5 heteroatoms. The van der Waals surface area contributed by atoms with Crippen molar-refractivity contribution < 1.29 is 13.2 Å². The second-order valence-corrected chi connectivity index (χ2v) is 3.77. The highest BCUT2D eigenvalue weighted by molar-refractivity contribution is 9.10. The standard InChI is InChI=1S/C9H5BrClF3/c10-7-4-2-1-3-6(7)5-8(11)9(12,13)14/h1-5H/b8-5+. The number of allylic oxidation sites excluding steroid dienone is 1. The molecule has 0 aromatic heterocycles. The molecular weight excluding hydrogens is 280 g/mol. The zero-order valence-corrected chi connectivity index (χ0v) is 9.12. The highest BCUT2D eigenvalue weighted by Crippen LogP contribution is 2.31. The normalized spacial score (nSPS) is 13.1. The van der Waals surface area contributed by atoms with E-state index >= 15 is 0 Å². The number of benzene rings is 1. The molecule has 0 bridgehead atoms. The minimum atomic E-state index is -4.49. The minimum Gasteiger partial charge on any atom is -0.165 e. The van der Waals surface area contributed by atoms with Crippen LogP contribution in [0.5, 0.6) is 0 Å². The molecule has 0 nitrogen and oxygen atoms in total. The topological polar surface area (TPSA) is 0 Å². The molecule has 0 saturated heterocycles. The molecule has 1 aromatic rings. The Kier molecular flexibility index (Phi) is 3.61. The van der Waals surface area contributed by atoms with Crippen LogP contribution >= 0.6 is 27.5 Å². The van der Waals surface area contributed by atoms with E-state index in [2.05, 4.69) is 15.9 Å². The minimum absolute atomic E-state index is 0.398. The van der Waals surface area contributed by atoms with Crippen molar-refractivity contribution in [2.45, 2.75) is 6.18 Å². The molecule has 0 saturated carbocycles. The second-order valence-electron chi connectivity index (χ2n) is 2.51. The van der Waals surface area contributed by atoms with Gasteiger partial charge in [-0.15, -0.1) is 0 Å². The van der Waals surface area contributed by atoms with Gasteiger partial charge in [0.25, 0.3) is 0 Å². The first kappa shape index (κ1) is 11.6. The van der Waals surface area contributed by atoms with Gasteiger partial charge < -0.3 is 0 Å². The third-order valence-corrected chi connectivity index (χ3v) is 2.50. The monoisotopic (exact) mass is 284 g/mol. The summed E-state index contributed by atoms with van der Waals surface area (Å²) in [7, 11) is 0. The maximum atomic E-state index is 12.1. The highest BCUT2D eigenvalue weighted by Gasteiger charge is 2.32. The molecule has 0 radical (unpaired) electrons. The van der Waals surface area contributed by atoms with E-state index in [0.717, 1.165) is 6.08 Å². The number of hydrogen-bond acceptors (Lipinski definition) is 0. The third kappa shape index (κ3) is 3.03. The fourth-order valence-corrected chi connectivity index (χ4v) is 1.33. The largest absolute Gasteiger partial charge is 0.426 e. The summed E-state index contributed by atoms with van der Waals surface area (Å²) in [5, 5.41) is -1.13. The number of rotatable bonds is 1. The molecule has 1 aromatic carbocycles. The predicted octanol–water partition coefficient (Wildman–Crippen LogP) is 4.59. The van der Waals surface area contributed by atoms with E-state index in [4.69, 9.17) is 11.6 Å². The zero-order chi connectivity index (χ0) is 10.8. The highest BCUT2D eigenvalue weighted by atomic mass is 79.9. The van der Waals surface area contributed by atoms with Crippen LogP contribution in [0.3, 0.4) is 0 Å². The lowest BCUT2D eigenvalue weighted by Gasteiger charge is -2.04. The van der Waals surface area contributed by atoms with Gasteiger partial charge in [-0.05, 0) is 17.7 Å². The molecule has 0 aliphatic rings. The number of halogens is 5. The second kappa shape index (κ2) is 4.36. The van der Waals surface area contributed by atoms with Crippen LogP contribution in [-0.2, 0) is 0 Å². The van der Waals surface area contributed by atoms with E-state index in [1.165, 1.54) is 6.07 Å². The molecule has 0 heterocycles. The van der Waals surface area contributed by atoms with Crippen molar-refractivity contribution in [3.63, 3.8) is 0 Å². The summed E-state index contributed by atoms with van der Waals surface area (Å²) in [5.74, 6) is 0. The van der Waals surface area contributed by atoms with Crippen molar-refractivity contribution in [2.24, 2.45) is 0 Å². The Morgan fingerprint density at radius 3 is 2.36 bits per heavy atom. The summed E-state index contributed by atoms with van der Waals surface area (Å²) in [6.45, 7) is 0. The average Bonchev–Trinajstić information content (AvgIpc) is 2.07. The number of hydrogen-bond donors (Lipinski definition) is 0. The predicted molar refractivity (Wildman–Crippen MR) is 54.0 cm³/mol. The average molecular weight is 285 g/mol.